The van der Waals surface area contributed by atoms with Crippen molar-refractivity contribution in [3.8, 4) is 0 Å². The summed E-state index contributed by atoms with van der Waals surface area (Å²) in [6, 6.07) is 0.562. The molecule has 0 fully saturated rings. The Morgan fingerprint density at radius 2 is 2.11 bits per heavy atom. The molecular formula is C13H27N5. The lowest BCUT2D eigenvalue weighted by atomic mass is 10.3. The second-order valence-corrected chi connectivity index (χ2v) is 5.07. The Hall–Kier alpha value is -1.23. The standard InChI is InChI=1S/C13H27N5/c1-6-8-18-13(12(14)11(4)16-18)15-7-9-17(5)10(2)3/h10,15H,6-9,14H2,1-5H3. The van der Waals surface area contributed by atoms with E-state index in [1.165, 1.54) is 0 Å². The first kappa shape index (κ1) is 14.8. The largest absolute Gasteiger partial charge is 0.394 e. The van der Waals surface area contributed by atoms with Crippen molar-refractivity contribution in [3.05, 3.63) is 5.69 Å². The number of aryl methyl sites for hydroxylation is 2. The van der Waals surface area contributed by atoms with Gasteiger partial charge in [-0.05, 0) is 34.2 Å². The van der Waals surface area contributed by atoms with Crippen molar-refractivity contribution in [3.63, 3.8) is 0 Å². The molecule has 0 saturated heterocycles. The highest BCUT2D eigenvalue weighted by Gasteiger charge is 2.11. The van der Waals surface area contributed by atoms with Crippen LogP contribution in [0, 0.1) is 6.92 Å². The quantitative estimate of drug-likeness (QED) is 0.779. The Morgan fingerprint density at radius 1 is 1.44 bits per heavy atom. The molecule has 0 aliphatic rings. The molecule has 1 aromatic rings. The molecule has 0 spiro atoms. The van der Waals surface area contributed by atoms with Crippen LogP contribution in [0.5, 0.6) is 0 Å². The van der Waals surface area contributed by atoms with E-state index in [-0.39, 0.29) is 0 Å². The van der Waals surface area contributed by atoms with Gasteiger partial charge in [-0.3, -0.25) is 0 Å². The van der Waals surface area contributed by atoms with Crippen LogP contribution in [0.15, 0.2) is 0 Å². The van der Waals surface area contributed by atoms with E-state index in [0.717, 1.165) is 43.3 Å². The summed E-state index contributed by atoms with van der Waals surface area (Å²) in [7, 11) is 2.13. The van der Waals surface area contributed by atoms with Crippen molar-refractivity contribution in [2.24, 2.45) is 0 Å². The first-order valence-corrected chi connectivity index (χ1v) is 6.74. The molecule has 1 rings (SSSR count). The van der Waals surface area contributed by atoms with E-state index >= 15 is 0 Å². The van der Waals surface area contributed by atoms with Crippen LogP contribution in [0.3, 0.4) is 0 Å². The lowest BCUT2D eigenvalue weighted by Gasteiger charge is -2.21. The van der Waals surface area contributed by atoms with Gasteiger partial charge in [-0.1, -0.05) is 6.92 Å². The Balaban J connectivity index is 2.60. The number of aromatic nitrogens is 2. The maximum absolute atomic E-state index is 6.05. The zero-order valence-electron chi connectivity index (χ0n) is 12.3. The zero-order valence-corrected chi connectivity index (χ0v) is 12.3. The molecule has 3 N–H and O–H groups in total. The number of hydrogen-bond acceptors (Lipinski definition) is 4. The van der Waals surface area contributed by atoms with Gasteiger partial charge in [0, 0.05) is 25.7 Å². The molecular weight excluding hydrogens is 226 g/mol. The molecule has 0 atom stereocenters. The van der Waals surface area contributed by atoms with E-state index in [9.17, 15) is 0 Å². The number of nitrogen functional groups attached to an aromatic ring is 1. The first-order chi connectivity index (χ1) is 8.47. The maximum atomic E-state index is 6.05. The fourth-order valence-electron chi connectivity index (χ4n) is 1.76. The normalized spacial score (nSPS) is 11.5. The molecule has 5 nitrogen and oxygen atoms in total. The molecule has 1 aromatic heterocycles. The molecule has 0 aromatic carbocycles. The minimum Gasteiger partial charge on any atom is -0.394 e. The summed E-state index contributed by atoms with van der Waals surface area (Å²) < 4.78 is 1.97. The van der Waals surface area contributed by atoms with Crippen molar-refractivity contribution in [1.82, 2.24) is 14.7 Å². The molecule has 0 aliphatic carbocycles. The fourth-order valence-corrected chi connectivity index (χ4v) is 1.76. The lowest BCUT2D eigenvalue weighted by Crippen LogP contribution is -2.31. The maximum Gasteiger partial charge on any atom is 0.148 e. The van der Waals surface area contributed by atoms with E-state index in [2.05, 4.69) is 43.1 Å². The van der Waals surface area contributed by atoms with Crippen LogP contribution in [0.25, 0.3) is 0 Å². The van der Waals surface area contributed by atoms with Gasteiger partial charge in [-0.2, -0.15) is 5.10 Å². The third-order valence-corrected chi connectivity index (χ3v) is 3.25. The summed E-state index contributed by atoms with van der Waals surface area (Å²) in [6.45, 7) is 11.3. The van der Waals surface area contributed by atoms with Gasteiger partial charge < -0.3 is 16.0 Å². The number of anilines is 2. The number of rotatable bonds is 7. The number of likely N-dealkylation sites (N-methyl/N-ethyl adjacent to an activating group) is 1. The summed E-state index contributed by atoms with van der Waals surface area (Å²) in [5.41, 5.74) is 7.73. The molecule has 0 aliphatic heterocycles. The summed E-state index contributed by atoms with van der Waals surface area (Å²) in [6.07, 6.45) is 1.06. The zero-order chi connectivity index (χ0) is 13.7. The third kappa shape index (κ3) is 3.63. The second kappa shape index (κ2) is 6.64. The molecule has 0 bridgehead atoms. The highest BCUT2D eigenvalue weighted by molar-refractivity contribution is 5.64. The van der Waals surface area contributed by atoms with E-state index in [4.69, 9.17) is 5.73 Å². The van der Waals surface area contributed by atoms with Crippen LogP contribution in [-0.4, -0.2) is 40.9 Å². The molecule has 0 saturated carbocycles. The van der Waals surface area contributed by atoms with Crippen molar-refractivity contribution < 1.29 is 0 Å². The van der Waals surface area contributed by atoms with Crippen molar-refractivity contribution in [2.75, 3.05) is 31.2 Å². The molecule has 0 amide bonds. The van der Waals surface area contributed by atoms with Crippen LogP contribution in [0.4, 0.5) is 11.5 Å². The van der Waals surface area contributed by atoms with Crippen molar-refractivity contribution in [2.45, 2.75) is 46.7 Å². The van der Waals surface area contributed by atoms with Gasteiger partial charge >= 0.3 is 0 Å². The van der Waals surface area contributed by atoms with E-state index in [1.807, 2.05) is 11.6 Å². The van der Waals surface area contributed by atoms with Gasteiger partial charge in [-0.15, -0.1) is 0 Å². The summed E-state index contributed by atoms with van der Waals surface area (Å²) in [5.74, 6) is 0.964. The third-order valence-electron chi connectivity index (χ3n) is 3.25. The number of hydrogen-bond donors (Lipinski definition) is 2. The molecule has 5 heteroatoms. The minimum atomic E-state index is 0.562. The Labute approximate surface area is 110 Å². The van der Waals surface area contributed by atoms with Gasteiger partial charge in [-0.25, -0.2) is 4.68 Å². The SMILES string of the molecule is CCCn1nc(C)c(N)c1NCCN(C)C(C)C. The Morgan fingerprint density at radius 3 is 2.67 bits per heavy atom. The fraction of sp³-hybridized carbons (Fsp3) is 0.769. The van der Waals surface area contributed by atoms with E-state index in [0.29, 0.717) is 6.04 Å². The van der Waals surface area contributed by atoms with E-state index < -0.39 is 0 Å². The Bertz CT molecular complexity index is 370. The van der Waals surface area contributed by atoms with Gasteiger partial charge in [0.1, 0.15) is 5.82 Å². The predicted octanol–water partition coefficient (Wildman–Crippen LogP) is 1.94. The van der Waals surface area contributed by atoms with Crippen LogP contribution < -0.4 is 11.1 Å². The van der Waals surface area contributed by atoms with Crippen molar-refractivity contribution in [1.29, 1.82) is 0 Å². The average molecular weight is 253 g/mol. The van der Waals surface area contributed by atoms with Crippen LogP contribution in [0.1, 0.15) is 32.9 Å². The lowest BCUT2D eigenvalue weighted by molar-refractivity contribution is 0.284. The molecule has 0 radical (unpaired) electrons. The second-order valence-electron chi connectivity index (χ2n) is 5.07. The predicted molar refractivity (Wildman–Crippen MR) is 77.9 cm³/mol. The Kier molecular flexibility index (Phi) is 5.47. The summed E-state index contributed by atoms with van der Waals surface area (Å²) >= 11 is 0. The monoisotopic (exact) mass is 253 g/mol. The van der Waals surface area contributed by atoms with Crippen LogP contribution in [-0.2, 0) is 6.54 Å². The molecule has 1 heterocycles. The first-order valence-electron chi connectivity index (χ1n) is 6.74. The van der Waals surface area contributed by atoms with Gasteiger partial charge in [0.15, 0.2) is 0 Å². The smallest absolute Gasteiger partial charge is 0.148 e. The summed E-state index contributed by atoms with van der Waals surface area (Å²) in [5, 5.41) is 7.86. The average Bonchev–Trinajstić information content (AvgIpc) is 2.57. The highest BCUT2D eigenvalue weighted by Crippen LogP contribution is 2.22. The highest BCUT2D eigenvalue weighted by atomic mass is 15.3. The topological polar surface area (TPSA) is 59.1 Å². The van der Waals surface area contributed by atoms with E-state index in [1.54, 1.807) is 0 Å². The van der Waals surface area contributed by atoms with Gasteiger partial charge in [0.05, 0.1) is 11.4 Å². The summed E-state index contributed by atoms with van der Waals surface area (Å²) in [4.78, 5) is 2.30. The number of nitrogens with two attached hydrogens (primary N) is 1. The number of nitrogens with zero attached hydrogens (tertiary/aromatic N) is 3. The van der Waals surface area contributed by atoms with Gasteiger partial charge in [0.2, 0.25) is 0 Å². The molecule has 18 heavy (non-hydrogen) atoms. The van der Waals surface area contributed by atoms with Crippen LogP contribution >= 0.6 is 0 Å². The minimum absolute atomic E-state index is 0.562. The molecule has 104 valence electrons. The number of nitrogens with one attached hydrogen (secondary N) is 1. The van der Waals surface area contributed by atoms with Crippen molar-refractivity contribution >= 4 is 11.5 Å². The molecule has 0 unspecified atom stereocenters. The van der Waals surface area contributed by atoms with Gasteiger partial charge in [0.25, 0.3) is 0 Å². The van der Waals surface area contributed by atoms with Crippen LogP contribution in [0.2, 0.25) is 0 Å².